The van der Waals surface area contributed by atoms with Gasteiger partial charge in [-0.2, -0.15) is 5.26 Å². The van der Waals surface area contributed by atoms with Crippen LogP contribution in [-0.4, -0.2) is 19.2 Å². The van der Waals surface area contributed by atoms with Crippen molar-refractivity contribution < 1.29 is 9.47 Å². The number of nitriles is 1. The minimum Gasteiger partial charge on any atom is -0.493 e. The molecule has 1 aromatic heterocycles. The van der Waals surface area contributed by atoms with E-state index in [1.165, 1.54) is 0 Å². The fraction of sp³-hybridized carbons (Fsp3) is 0.167. The first-order valence-corrected chi connectivity index (χ1v) is 4.71. The van der Waals surface area contributed by atoms with Gasteiger partial charge in [-0.05, 0) is 18.2 Å². The SMILES string of the molecule is COc1cc2ccc(C#N)nc2cc1OC. The third-order valence-electron chi connectivity index (χ3n) is 2.31. The zero-order valence-corrected chi connectivity index (χ0v) is 9.02. The third-order valence-corrected chi connectivity index (χ3v) is 2.31. The van der Waals surface area contributed by atoms with E-state index >= 15 is 0 Å². The summed E-state index contributed by atoms with van der Waals surface area (Å²) < 4.78 is 10.4. The molecule has 0 bridgehead atoms. The number of rotatable bonds is 2. The van der Waals surface area contributed by atoms with Crippen molar-refractivity contribution in [1.29, 1.82) is 5.26 Å². The van der Waals surface area contributed by atoms with Crippen molar-refractivity contribution in [2.24, 2.45) is 0 Å². The van der Waals surface area contributed by atoms with Crippen LogP contribution in [0.1, 0.15) is 5.69 Å². The molecule has 2 aromatic rings. The van der Waals surface area contributed by atoms with Gasteiger partial charge in [0.2, 0.25) is 0 Å². The lowest BCUT2D eigenvalue weighted by Crippen LogP contribution is -1.92. The lowest BCUT2D eigenvalue weighted by Gasteiger charge is -2.08. The van der Waals surface area contributed by atoms with Crippen LogP contribution in [-0.2, 0) is 0 Å². The van der Waals surface area contributed by atoms with Gasteiger partial charge in [0.25, 0.3) is 0 Å². The van der Waals surface area contributed by atoms with Crippen LogP contribution in [0, 0.1) is 11.3 Å². The predicted octanol–water partition coefficient (Wildman–Crippen LogP) is 2.12. The van der Waals surface area contributed by atoms with E-state index in [2.05, 4.69) is 4.98 Å². The molecular formula is C12H10N2O2. The van der Waals surface area contributed by atoms with Gasteiger partial charge in [-0.3, -0.25) is 0 Å². The number of benzene rings is 1. The number of methoxy groups -OCH3 is 2. The highest BCUT2D eigenvalue weighted by Crippen LogP contribution is 2.31. The molecule has 0 aliphatic rings. The molecule has 0 spiro atoms. The normalized spacial score (nSPS) is 9.81. The number of ether oxygens (including phenoxy) is 2. The first-order chi connectivity index (χ1) is 7.78. The zero-order valence-electron chi connectivity index (χ0n) is 9.02. The molecule has 2 rings (SSSR count). The number of fused-ring (bicyclic) bond motifs is 1. The second kappa shape index (κ2) is 4.07. The summed E-state index contributed by atoms with van der Waals surface area (Å²) in [6.07, 6.45) is 0. The van der Waals surface area contributed by atoms with Crippen LogP contribution >= 0.6 is 0 Å². The van der Waals surface area contributed by atoms with Crippen LogP contribution in [0.15, 0.2) is 24.3 Å². The topological polar surface area (TPSA) is 55.1 Å². The molecule has 0 saturated carbocycles. The Hall–Kier alpha value is -2.28. The summed E-state index contributed by atoms with van der Waals surface area (Å²) in [5, 5.41) is 9.67. The highest BCUT2D eigenvalue weighted by atomic mass is 16.5. The van der Waals surface area contributed by atoms with Gasteiger partial charge in [0.05, 0.1) is 19.7 Å². The van der Waals surface area contributed by atoms with Crippen molar-refractivity contribution in [3.8, 4) is 17.6 Å². The van der Waals surface area contributed by atoms with Crippen LogP contribution in [0.25, 0.3) is 10.9 Å². The molecule has 16 heavy (non-hydrogen) atoms. The number of hydrogen-bond acceptors (Lipinski definition) is 4. The second-order valence-electron chi connectivity index (χ2n) is 3.21. The van der Waals surface area contributed by atoms with Crippen LogP contribution in [0.2, 0.25) is 0 Å². The van der Waals surface area contributed by atoms with E-state index in [4.69, 9.17) is 14.7 Å². The largest absolute Gasteiger partial charge is 0.493 e. The minimum absolute atomic E-state index is 0.389. The maximum Gasteiger partial charge on any atom is 0.162 e. The number of nitrogens with zero attached hydrogens (tertiary/aromatic N) is 2. The van der Waals surface area contributed by atoms with Gasteiger partial charge in [0.15, 0.2) is 11.5 Å². The quantitative estimate of drug-likeness (QED) is 0.768. The zero-order chi connectivity index (χ0) is 11.5. The highest BCUT2D eigenvalue weighted by molar-refractivity contribution is 5.83. The highest BCUT2D eigenvalue weighted by Gasteiger charge is 2.06. The van der Waals surface area contributed by atoms with Crippen molar-refractivity contribution in [1.82, 2.24) is 4.98 Å². The molecular weight excluding hydrogens is 204 g/mol. The van der Waals surface area contributed by atoms with E-state index < -0.39 is 0 Å². The molecule has 0 radical (unpaired) electrons. The van der Waals surface area contributed by atoms with Gasteiger partial charge in [-0.1, -0.05) is 0 Å². The van der Waals surface area contributed by atoms with Gasteiger partial charge >= 0.3 is 0 Å². The van der Waals surface area contributed by atoms with Crippen molar-refractivity contribution in [3.05, 3.63) is 30.0 Å². The molecule has 1 heterocycles. The predicted molar refractivity (Wildman–Crippen MR) is 59.6 cm³/mol. The third kappa shape index (κ3) is 1.63. The van der Waals surface area contributed by atoms with E-state index in [9.17, 15) is 0 Å². The van der Waals surface area contributed by atoms with Gasteiger partial charge in [0, 0.05) is 11.5 Å². The summed E-state index contributed by atoms with van der Waals surface area (Å²) in [4.78, 5) is 4.18. The summed E-state index contributed by atoms with van der Waals surface area (Å²) in [5.74, 6) is 1.26. The van der Waals surface area contributed by atoms with Crippen molar-refractivity contribution >= 4 is 10.9 Å². The van der Waals surface area contributed by atoms with E-state index in [1.807, 2.05) is 18.2 Å². The van der Waals surface area contributed by atoms with Crippen molar-refractivity contribution in [2.75, 3.05) is 14.2 Å². The van der Waals surface area contributed by atoms with Gasteiger partial charge in [0.1, 0.15) is 11.8 Å². The Kier molecular flexibility index (Phi) is 2.61. The fourth-order valence-corrected chi connectivity index (χ4v) is 1.51. The fourth-order valence-electron chi connectivity index (χ4n) is 1.51. The van der Waals surface area contributed by atoms with Crippen LogP contribution in [0.5, 0.6) is 11.5 Å². The molecule has 0 N–H and O–H groups in total. The summed E-state index contributed by atoms with van der Waals surface area (Å²) in [5.41, 5.74) is 1.11. The molecule has 0 aliphatic heterocycles. The van der Waals surface area contributed by atoms with Gasteiger partial charge in [-0.15, -0.1) is 0 Å². The number of pyridine rings is 1. The number of aromatic nitrogens is 1. The smallest absolute Gasteiger partial charge is 0.162 e. The first kappa shape index (κ1) is 10.2. The first-order valence-electron chi connectivity index (χ1n) is 4.71. The molecule has 4 nitrogen and oxygen atoms in total. The molecule has 0 aliphatic carbocycles. The Balaban J connectivity index is 2.69. The van der Waals surface area contributed by atoms with Gasteiger partial charge in [-0.25, -0.2) is 4.98 Å². The van der Waals surface area contributed by atoms with E-state index in [0.717, 1.165) is 10.9 Å². The molecule has 80 valence electrons. The van der Waals surface area contributed by atoms with E-state index in [1.54, 1.807) is 26.4 Å². The van der Waals surface area contributed by atoms with Gasteiger partial charge < -0.3 is 9.47 Å². The molecule has 0 unspecified atom stereocenters. The van der Waals surface area contributed by atoms with Crippen LogP contribution in [0.3, 0.4) is 0 Å². The molecule has 0 saturated heterocycles. The average Bonchev–Trinajstić information content (AvgIpc) is 2.36. The average molecular weight is 214 g/mol. The number of hydrogen-bond donors (Lipinski definition) is 0. The van der Waals surface area contributed by atoms with Crippen LogP contribution in [0.4, 0.5) is 0 Å². The second-order valence-corrected chi connectivity index (χ2v) is 3.21. The lowest BCUT2D eigenvalue weighted by molar-refractivity contribution is 0.356. The standard InChI is InChI=1S/C12H10N2O2/c1-15-11-5-8-3-4-9(7-13)14-10(8)6-12(11)16-2/h3-6H,1-2H3. The molecule has 4 heteroatoms. The minimum atomic E-state index is 0.389. The summed E-state index contributed by atoms with van der Waals surface area (Å²) in [6, 6.07) is 9.11. The van der Waals surface area contributed by atoms with Crippen molar-refractivity contribution in [2.45, 2.75) is 0 Å². The van der Waals surface area contributed by atoms with Crippen molar-refractivity contribution in [3.63, 3.8) is 0 Å². The molecule has 1 aromatic carbocycles. The maximum absolute atomic E-state index is 8.76. The molecule has 0 fully saturated rings. The Labute approximate surface area is 93.0 Å². The summed E-state index contributed by atoms with van der Waals surface area (Å²) >= 11 is 0. The monoisotopic (exact) mass is 214 g/mol. The maximum atomic E-state index is 8.76. The van der Waals surface area contributed by atoms with Crippen LogP contribution < -0.4 is 9.47 Å². The molecule has 0 amide bonds. The summed E-state index contributed by atoms with van der Waals surface area (Å²) in [7, 11) is 3.15. The van der Waals surface area contributed by atoms with E-state index in [0.29, 0.717) is 17.2 Å². The van der Waals surface area contributed by atoms with E-state index in [-0.39, 0.29) is 0 Å². The Morgan fingerprint density at radius 1 is 1.12 bits per heavy atom. The Morgan fingerprint density at radius 2 is 1.81 bits per heavy atom. The Morgan fingerprint density at radius 3 is 2.44 bits per heavy atom. The molecule has 0 atom stereocenters. The summed E-state index contributed by atoms with van der Waals surface area (Å²) in [6.45, 7) is 0. The Bertz CT molecular complexity index is 573. The lowest BCUT2D eigenvalue weighted by atomic mass is 10.2.